The van der Waals surface area contributed by atoms with Crippen LogP contribution in [0.4, 0.5) is 0 Å². The SMILES string of the molecule is CC(C)CNC(=O)C(C)NC(=O)c1ccccc1C(=O)O. The highest BCUT2D eigenvalue weighted by molar-refractivity contribution is 6.05. The normalized spacial score (nSPS) is 11.8. The predicted octanol–water partition coefficient (Wildman–Crippen LogP) is 1.28. The molecule has 3 N–H and O–H groups in total. The number of carboxylic acids is 1. The van der Waals surface area contributed by atoms with Gasteiger partial charge in [0.1, 0.15) is 6.04 Å². The van der Waals surface area contributed by atoms with Crippen molar-refractivity contribution in [2.45, 2.75) is 26.8 Å². The number of carbonyl (C=O) groups excluding carboxylic acids is 2. The fraction of sp³-hybridized carbons (Fsp3) is 0.400. The van der Waals surface area contributed by atoms with Crippen molar-refractivity contribution in [1.82, 2.24) is 10.6 Å². The van der Waals surface area contributed by atoms with Crippen molar-refractivity contribution in [3.63, 3.8) is 0 Å². The molecule has 0 saturated heterocycles. The number of benzene rings is 1. The topological polar surface area (TPSA) is 95.5 Å². The van der Waals surface area contributed by atoms with E-state index in [0.717, 1.165) is 0 Å². The van der Waals surface area contributed by atoms with E-state index in [2.05, 4.69) is 10.6 Å². The first-order valence-corrected chi connectivity index (χ1v) is 6.73. The molecule has 6 heteroatoms. The van der Waals surface area contributed by atoms with Crippen molar-refractivity contribution in [2.75, 3.05) is 6.54 Å². The second-order valence-corrected chi connectivity index (χ2v) is 5.18. The average molecular weight is 292 g/mol. The molecule has 0 heterocycles. The van der Waals surface area contributed by atoms with Crippen molar-refractivity contribution in [3.8, 4) is 0 Å². The Morgan fingerprint density at radius 2 is 1.67 bits per heavy atom. The smallest absolute Gasteiger partial charge is 0.336 e. The van der Waals surface area contributed by atoms with Gasteiger partial charge in [0.15, 0.2) is 0 Å². The minimum Gasteiger partial charge on any atom is -0.478 e. The monoisotopic (exact) mass is 292 g/mol. The van der Waals surface area contributed by atoms with Crippen LogP contribution in [0.3, 0.4) is 0 Å². The first-order valence-electron chi connectivity index (χ1n) is 6.73. The molecule has 0 spiro atoms. The van der Waals surface area contributed by atoms with E-state index >= 15 is 0 Å². The second kappa shape index (κ2) is 7.42. The van der Waals surface area contributed by atoms with E-state index in [1.54, 1.807) is 19.1 Å². The molecular formula is C15H20N2O4. The van der Waals surface area contributed by atoms with E-state index in [0.29, 0.717) is 12.5 Å². The Kier molecular flexibility index (Phi) is 5.90. The molecule has 0 fully saturated rings. The Hall–Kier alpha value is -2.37. The van der Waals surface area contributed by atoms with Crippen molar-refractivity contribution < 1.29 is 19.5 Å². The van der Waals surface area contributed by atoms with Crippen LogP contribution in [0.15, 0.2) is 24.3 Å². The molecule has 0 saturated carbocycles. The van der Waals surface area contributed by atoms with Gasteiger partial charge in [-0.05, 0) is 25.0 Å². The maximum atomic E-state index is 12.1. The fourth-order valence-corrected chi connectivity index (χ4v) is 1.67. The molecule has 1 unspecified atom stereocenters. The van der Waals surface area contributed by atoms with Gasteiger partial charge in [-0.25, -0.2) is 4.79 Å². The molecule has 0 aromatic heterocycles. The van der Waals surface area contributed by atoms with Crippen LogP contribution in [0, 0.1) is 5.92 Å². The average Bonchev–Trinajstić information content (AvgIpc) is 2.44. The summed E-state index contributed by atoms with van der Waals surface area (Å²) in [5.74, 6) is -1.76. The third-order valence-corrected chi connectivity index (χ3v) is 2.83. The zero-order valence-electron chi connectivity index (χ0n) is 12.3. The molecule has 2 amide bonds. The van der Waals surface area contributed by atoms with Gasteiger partial charge in [0.2, 0.25) is 5.91 Å². The van der Waals surface area contributed by atoms with Crippen LogP contribution in [-0.4, -0.2) is 35.5 Å². The summed E-state index contributed by atoms with van der Waals surface area (Å²) in [5.41, 5.74) is -0.0571. The number of aromatic carboxylic acids is 1. The number of amides is 2. The third-order valence-electron chi connectivity index (χ3n) is 2.83. The van der Waals surface area contributed by atoms with E-state index < -0.39 is 17.9 Å². The van der Waals surface area contributed by atoms with Gasteiger partial charge in [0, 0.05) is 6.54 Å². The predicted molar refractivity (Wildman–Crippen MR) is 78.2 cm³/mol. The quantitative estimate of drug-likeness (QED) is 0.736. The zero-order valence-corrected chi connectivity index (χ0v) is 12.3. The summed E-state index contributed by atoms with van der Waals surface area (Å²) in [6.07, 6.45) is 0. The molecule has 1 aromatic carbocycles. The van der Waals surface area contributed by atoms with Gasteiger partial charge in [0.05, 0.1) is 11.1 Å². The molecule has 1 atom stereocenters. The molecule has 6 nitrogen and oxygen atoms in total. The molecule has 0 aliphatic rings. The van der Waals surface area contributed by atoms with Gasteiger partial charge in [-0.15, -0.1) is 0 Å². The summed E-state index contributed by atoms with van der Waals surface area (Å²) < 4.78 is 0. The summed E-state index contributed by atoms with van der Waals surface area (Å²) >= 11 is 0. The van der Waals surface area contributed by atoms with Crippen molar-refractivity contribution in [1.29, 1.82) is 0 Å². The highest BCUT2D eigenvalue weighted by Gasteiger charge is 2.20. The van der Waals surface area contributed by atoms with Gasteiger partial charge in [0.25, 0.3) is 5.91 Å². The van der Waals surface area contributed by atoms with Crippen LogP contribution in [0.1, 0.15) is 41.5 Å². The minimum absolute atomic E-state index is 0.0357. The Morgan fingerprint density at radius 1 is 1.10 bits per heavy atom. The largest absolute Gasteiger partial charge is 0.478 e. The molecule has 114 valence electrons. The lowest BCUT2D eigenvalue weighted by molar-refractivity contribution is -0.122. The molecule has 1 rings (SSSR count). The number of nitrogens with one attached hydrogen (secondary N) is 2. The third kappa shape index (κ3) is 4.91. The van der Waals surface area contributed by atoms with Gasteiger partial charge in [-0.1, -0.05) is 26.0 Å². The van der Waals surface area contributed by atoms with E-state index in [-0.39, 0.29) is 17.0 Å². The number of hydrogen-bond acceptors (Lipinski definition) is 3. The standard InChI is InChI=1S/C15H20N2O4/c1-9(2)8-16-13(18)10(3)17-14(19)11-6-4-5-7-12(11)15(20)21/h4-7,9-10H,8H2,1-3H3,(H,16,18)(H,17,19)(H,20,21). The second-order valence-electron chi connectivity index (χ2n) is 5.18. The molecule has 1 aromatic rings. The van der Waals surface area contributed by atoms with Gasteiger partial charge in [-0.3, -0.25) is 9.59 Å². The van der Waals surface area contributed by atoms with E-state index in [4.69, 9.17) is 5.11 Å². The van der Waals surface area contributed by atoms with Crippen molar-refractivity contribution in [2.24, 2.45) is 5.92 Å². The number of carbonyl (C=O) groups is 3. The van der Waals surface area contributed by atoms with Gasteiger partial charge >= 0.3 is 5.97 Å². The first kappa shape index (κ1) is 16.7. The van der Waals surface area contributed by atoms with Crippen LogP contribution < -0.4 is 10.6 Å². The van der Waals surface area contributed by atoms with E-state index in [9.17, 15) is 14.4 Å². The summed E-state index contributed by atoms with van der Waals surface area (Å²) in [6.45, 7) is 6.00. The van der Waals surface area contributed by atoms with Crippen LogP contribution in [0.2, 0.25) is 0 Å². The molecule has 21 heavy (non-hydrogen) atoms. The Balaban J connectivity index is 2.73. The first-order chi connectivity index (χ1) is 9.82. The van der Waals surface area contributed by atoms with Crippen LogP contribution >= 0.6 is 0 Å². The fourth-order valence-electron chi connectivity index (χ4n) is 1.67. The van der Waals surface area contributed by atoms with Crippen LogP contribution in [0.25, 0.3) is 0 Å². The molecule has 0 aliphatic carbocycles. The summed E-state index contributed by atoms with van der Waals surface area (Å²) in [5, 5.41) is 14.3. The number of hydrogen-bond donors (Lipinski definition) is 3. The van der Waals surface area contributed by atoms with Gasteiger partial charge in [-0.2, -0.15) is 0 Å². The Bertz CT molecular complexity index is 540. The lowest BCUT2D eigenvalue weighted by atomic mass is 10.1. The number of rotatable bonds is 6. The van der Waals surface area contributed by atoms with Crippen molar-refractivity contribution >= 4 is 17.8 Å². The Labute approximate surface area is 123 Å². The highest BCUT2D eigenvalue weighted by atomic mass is 16.4. The molecular weight excluding hydrogens is 272 g/mol. The molecule has 0 bridgehead atoms. The summed E-state index contributed by atoms with van der Waals surface area (Å²) in [6, 6.07) is 5.14. The lowest BCUT2D eigenvalue weighted by Gasteiger charge is -2.15. The molecule has 0 radical (unpaired) electrons. The Morgan fingerprint density at radius 3 is 2.19 bits per heavy atom. The van der Waals surface area contributed by atoms with Gasteiger partial charge < -0.3 is 15.7 Å². The van der Waals surface area contributed by atoms with Crippen molar-refractivity contribution in [3.05, 3.63) is 35.4 Å². The van der Waals surface area contributed by atoms with E-state index in [1.807, 2.05) is 13.8 Å². The number of carboxylic acid groups (broad SMARTS) is 1. The lowest BCUT2D eigenvalue weighted by Crippen LogP contribution is -2.45. The maximum Gasteiger partial charge on any atom is 0.336 e. The molecule has 0 aliphatic heterocycles. The van der Waals surface area contributed by atoms with E-state index in [1.165, 1.54) is 12.1 Å². The summed E-state index contributed by atoms with van der Waals surface area (Å²) in [4.78, 5) is 34.9. The van der Waals surface area contributed by atoms with Crippen LogP contribution in [0.5, 0.6) is 0 Å². The highest BCUT2D eigenvalue weighted by Crippen LogP contribution is 2.09. The minimum atomic E-state index is -1.18. The zero-order chi connectivity index (χ0) is 16.0. The maximum absolute atomic E-state index is 12.1. The van der Waals surface area contributed by atoms with Crippen LogP contribution in [-0.2, 0) is 4.79 Å². The summed E-state index contributed by atoms with van der Waals surface area (Å²) in [7, 11) is 0.